The Hall–Kier alpha value is 0.0600. The zero-order valence-corrected chi connectivity index (χ0v) is 14.8. The first-order chi connectivity index (χ1) is 9.93. The van der Waals surface area contributed by atoms with Crippen molar-refractivity contribution in [3.8, 4) is 0 Å². The maximum absolute atomic E-state index is 13.0. The maximum Gasteiger partial charge on any atom is 0.245 e. The van der Waals surface area contributed by atoms with Crippen molar-refractivity contribution < 1.29 is 8.42 Å². The van der Waals surface area contributed by atoms with Crippen LogP contribution in [0, 0.1) is 0 Å². The monoisotopic (exact) mass is 365 g/mol. The first-order valence-corrected chi connectivity index (χ1v) is 10.4. The number of thioether (sulfide) groups is 1. The Bertz CT molecular complexity index is 636. The minimum atomic E-state index is -3.58. The minimum absolute atomic E-state index is 0.0984. The lowest BCUT2D eigenvalue weighted by atomic mass is 10.1. The number of nitrogens with zero attached hydrogens (tertiary/aromatic N) is 1. The summed E-state index contributed by atoms with van der Waals surface area (Å²) in [5.41, 5.74) is 0. The van der Waals surface area contributed by atoms with Gasteiger partial charge in [0.05, 0.1) is 5.02 Å². The summed E-state index contributed by atoms with van der Waals surface area (Å²) in [5.74, 6) is 0. The molecule has 2 aliphatic heterocycles. The van der Waals surface area contributed by atoms with Gasteiger partial charge in [-0.2, -0.15) is 16.1 Å². The van der Waals surface area contributed by atoms with Gasteiger partial charge in [0.2, 0.25) is 10.0 Å². The van der Waals surface area contributed by atoms with Crippen LogP contribution >= 0.6 is 35.0 Å². The number of sulfonamides is 1. The van der Waals surface area contributed by atoms with Crippen molar-refractivity contribution in [1.29, 1.82) is 0 Å². The lowest BCUT2D eigenvalue weighted by molar-refractivity contribution is 0.253. The molecule has 2 fully saturated rings. The molecule has 0 saturated carbocycles. The SMILES string of the molecule is CSC1CC2CCC(C1)N2S(=O)(=O)c1cc(Cl)ccc1Cl. The van der Waals surface area contributed by atoms with Crippen LogP contribution in [0.1, 0.15) is 25.7 Å². The van der Waals surface area contributed by atoms with Gasteiger partial charge in [-0.25, -0.2) is 8.42 Å². The van der Waals surface area contributed by atoms with Crippen molar-refractivity contribution in [2.45, 2.75) is 47.9 Å². The summed E-state index contributed by atoms with van der Waals surface area (Å²) in [6.45, 7) is 0. The van der Waals surface area contributed by atoms with Gasteiger partial charge < -0.3 is 0 Å². The molecule has 0 aliphatic carbocycles. The van der Waals surface area contributed by atoms with Gasteiger partial charge in [-0.05, 0) is 50.1 Å². The molecule has 7 heteroatoms. The predicted octanol–water partition coefficient (Wildman–Crippen LogP) is 4.04. The predicted molar refractivity (Wildman–Crippen MR) is 88.8 cm³/mol. The summed E-state index contributed by atoms with van der Waals surface area (Å²) in [7, 11) is -3.58. The molecule has 0 spiro atoms. The summed E-state index contributed by atoms with van der Waals surface area (Å²) in [6, 6.07) is 4.81. The average Bonchev–Trinajstić information content (AvgIpc) is 2.73. The van der Waals surface area contributed by atoms with E-state index in [0.717, 1.165) is 25.7 Å². The molecule has 2 aliphatic rings. The first-order valence-electron chi connectivity index (χ1n) is 6.95. The van der Waals surface area contributed by atoms with E-state index in [1.165, 1.54) is 6.07 Å². The van der Waals surface area contributed by atoms with Gasteiger partial charge in [0.25, 0.3) is 0 Å². The summed E-state index contributed by atoms with van der Waals surface area (Å²) >= 11 is 13.9. The van der Waals surface area contributed by atoms with Crippen LogP contribution < -0.4 is 0 Å². The summed E-state index contributed by atoms with van der Waals surface area (Å²) < 4.78 is 27.7. The van der Waals surface area contributed by atoms with E-state index in [9.17, 15) is 8.42 Å². The fraction of sp³-hybridized carbons (Fsp3) is 0.571. The molecule has 0 aromatic heterocycles. The molecule has 21 heavy (non-hydrogen) atoms. The zero-order chi connectivity index (χ0) is 15.2. The number of halogens is 2. The minimum Gasteiger partial charge on any atom is -0.207 e. The van der Waals surface area contributed by atoms with Crippen LogP contribution in [0.5, 0.6) is 0 Å². The highest BCUT2D eigenvalue weighted by Crippen LogP contribution is 2.43. The molecule has 3 rings (SSSR count). The van der Waals surface area contributed by atoms with Crippen LogP contribution in [-0.4, -0.2) is 36.3 Å². The third kappa shape index (κ3) is 2.83. The second kappa shape index (κ2) is 5.93. The number of hydrogen-bond donors (Lipinski definition) is 0. The van der Waals surface area contributed by atoms with Crippen molar-refractivity contribution in [3.63, 3.8) is 0 Å². The van der Waals surface area contributed by atoms with Gasteiger partial charge in [0.15, 0.2) is 0 Å². The molecule has 2 saturated heterocycles. The van der Waals surface area contributed by atoms with Crippen LogP contribution in [0.25, 0.3) is 0 Å². The molecule has 0 amide bonds. The Balaban J connectivity index is 1.98. The molecule has 2 atom stereocenters. The standard InChI is InChI=1S/C14H17Cl2NO2S2/c1-20-12-7-10-3-4-11(8-12)17(10)21(18,19)14-6-9(15)2-5-13(14)16/h2,5-6,10-12H,3-4,7-8H2,1H3. The third-order valence-corrected chi connectivity index (χ3v) is 8.18. The number of fused-ring (bicyclic) bond motifs is 2. The van der Waals surface area contributed by atoms with Crippen LogP contribution in [0.2, 0.25) is 10.0 Å². The van der Waals surface area contributed by atoms with Gasteiger partial charge in [0, 0.05) is 22.4 Å². The number of benzene rings is 1. The number of hydrogen-bond acceptors (Lipinski definition) is 3. The maximum atomic E-state index is 13.0. The van der Waals surface area contributed by atoms with Gasteiger partial charge in [0.1, 0.15) is 4.90 Å². The molecule has 2 bridgehead atoms. The topological polar surface area (TPSA) is 37.4 Å². The largest absolute Gasteiger partial charge is 0.245 e. The first kappa shape index (κ1) is 15.9. The van der Waals surface area contributed by atoms with Crippen molar-refractivity contribution in [1.82, 2.24) is 4.31 Å². The fourth-order valence-corrected chi connectivity index (χ4v) is 6.92. The smallest absolute Gasteiger partial charge is 0.207 e. The van der Waals surface area contributed by atoms with Gasteiger partial charge in [-0.1, -0.05) is 23.2 Å². The number of rotatable bonds is 3. The van der Waals surface area contributed by atoms with Gasteiger partial charge in [-0.3, -0.25) is 0 Å². The molecule has 116 valence electrons. The fourth-order valence-electron chi connectivity index (χ4n) is 3.46. The highest BCUT2D eigenvalue weighted by Gasteiger charge is 2.47. The van der Waals surface area contributed by atoms with E-state index >= 15 is 0 Å². The number of piperidine rings is 1. The Kier molecular flexibility index (Phi) is 4.50. The molecule has 2 unspecified atom stereocenters. The molecular weight excluding hydrogens is 349 g/mol. The molecular formula is C14H17Cl2NO2S2. The molecule has 0 N–H and O–H groups in total. The Labute approximate surface area is 140 Å². The van der Waals surface area contributed by atoms with Crippen molar-refractivity contribution in [3.05, 3.63) is 28.2 Å². The van der Waals surface area contributed by atoms with Crippen LogP contribution in [0.15, 0.2) is 23.1 Å². The van der Waals surface area contributed by atoms with E-state index in [-0.39, 0.29) is 22.0 Å². The van der Waals surface area contributed by atoms with E-state index in [4.69, 9.17) is 23.2 Å². The highest BCUT2D eigenvalue weighted by atomic mass is 35.5. The van der Waals surface area contributed by atoms with Crippen molar-refractivity contribution >= 4 is 45.0 Å². The second-order valence-electron chi connectivity index (χ2n) is 5.62. The van der Waals surface area contributed by atoms with Crippen LogP contribution in [-0.2, 0) is 10.0 Å². The van der Waals surface area contributed by atoms with Gasteiger partial charge in [-0.15, -0.1) is 0 Å². The van der Waals surface area contributed by atoms with E-state index in [1.807, 2.05) is 11.8 Å². The summed E-state index contributed by atoms with van der Waals surface area (Å²) in [4.78, 5) is 0.135. The average molecular weight is 366 g/mol. The molecule has 0 radical (unpaired) electrons. The molecule has 1 aromatic carbocycles. The molecule has 3 nitrogen and oxygen atoms in total. The van der Waals surface area contributed by atoms with E-state index in [1.54, 1.807) is 16.4 Å². The summed E-state index contributed by atoms with van der Waals surface area (Å²) in [5, 5.41) is 1.19. The molecule has 1 aromatic rings. The second-order valence-corrected chi connectivity index (χ2v) is 9.42. The summed E-state index contributed by atoms with van der Waals surface area (Å²) in [6.07, 6.45) is 5.84. The Morgan fingerprint density at radius 1 is 1.19 bits per heavy atom. The lowest BCUT2D eigenvalue weighted by Crippen LogP contribution is -2.47. The van der Waals surface area contributed by atoms with Crippen molar-refractivity contribution in [2.24, 2.45) is 0 Å². The van der Waals surface area contributed by atoms with Crippen LogP contribution in [0.3, 0.4) is 0 Å². The van der Waals surface area contributed by atoms with E-state index < -0.39 is 10.0 Å². The highest BCUT2D eigenvalue weighted by molar-refractivity contribution is 7.99. The zero-order valence-electron chi connectivity index (χ0n) is 11.6. The van der Waals surface area contributed by atoms with E-state index in [0.29, 0.717) is 10.3 Å². The lowest BCUT2D eigenvalue weighted by Gasteiger charge is -2.37. The Morgan fingerprint density at radius 2 is 1.81 bits per heavy atom. The van der Waals surface area contributed by atoms with Crippen molar-refractivity contribution in [2.75, 3.05) is 6.26 Å². The molecule has 2 heterocycles. The van der Waals surface area contributed by atoms with Crippen LogP contribution in [0.4, 0.5) is 0 Å². The third-order valence-electron chi connectivity index (χ3n) is 4.40. The quantitative estimate of drug-likeness (QED) is 0.810. The Morgan fingerprint density at radius 3 is 2.38 bits per heavy atom. The normalized spacial score (nSPS) is 29.8. The van der Waals surface area contributed by atoms with E-state index in [2.05, 4.69) is 6.26 Å². The van der Waals surface area contributed by atoms with Gasteiger partial charge >= 0.3 is 0 Å².